The summed E-state index contributed by atoms with van der Waals surface area (Å²) < 4.78 is 5.83. The van der Waals surface area contributed by atoms with Crippen molar-refractivity contribution in [2.45, 2.75) is 77.2 Å². The second kappa shape index (κ2) is 7.09. The number of halogens is 1. The van der Waals surface area contributed by atoms with E-state index in [1.165, 1.54) is 32.1 Å². The lowest BCUT2D eigenvalue weighted by Crippen LogP contribution is -2.58. The normalized spacial score (nSPS) is 52.0. The molecule has 0 aliphatic heterocycles. The van der Waals surface area contributed by atoms with Crippen LogP contribution in [0.25, 0.3) is 0 Å². The van der Waals surface area contributed by atoms with Crippen LogP contribution in [0.5, 0.6) is 0 Å². The third kappa shape index (κ3) is 3.08. The smallest absolute Gasteiger partial charge is 0.147 e. The van der Waals surface area contributed by atoms with Crippen molar-refractivity contribution in [2.75, 3.05) is 19.0 Å². The van der Waals surface area contributed by atoms with Crippen molar-refractivity contribution in [1.82, 2.24) is 0 Å². The fourth-order valence-corrected chi connectivity index (χ4v) is 8.80. The quantitative estimate of drug-likeness (QED) is 0.626. The maximum absolute atomic E-state index is 12.6. The molecule has 4 heteroatoms. The van der Waals surface area contributed by atoms with Crippen LogP contribution < -0.4 is 0 Å². The van der Waals surface area contributed by atoms with E-state index in [9.17, 15) is 9.90 Å². The fraction of sp³-hybridized carbons (Fsp3) is 0.957. The average molecular weight is 441 g/mol. The highest BCUT2D eigenvalue weighted by atomic mass is 79.9. The summed E-state index contributed by atoms with van der Waals surface area (Å²) in [4.78, 5) is 12.6. The fourth-order valence-electron chi connectivity index (χ4n) is 8.41. The summed E-state index contributed by atoms with van der Waals surface area (Å²) in [7, 11) is 1.86. The molecule has 0 heterocycles. The van der Waals surface area contributed by atoms with Crippen LogP contribution in [0.15, 0.2) is 0 Å². The molecule has 3 nitrogen and oxygen atoms in total. The number of methoxy groups -OCH3 is 1. The first kappa shape index (κ1) is 20.3. The Hall–Kier alpha value is 0.0700. The van der Waals surface area contributed by atoms with Gasteiger partial charge in [0.05, 0.1) is 17.5 Å². The Kier molecular flexibility index (Phi) is 5.34. The van der Waals surface area contributed by atoms with Gasteiger partial charge in [-0.05, 0) is 99.2 Å². The highest BCUT2D eigenvalue weighted by Gasteiger charge is 2.62. The van der Waals surface area contributed by atoms with E-state index in [1.807, 2.05) is 14.0 Å². The monoisotopic (exact) mass is 440 g/mol. The van der Waals surface area contributed by atoms with Crippen molar-refractivity contribution in [3.63, 3.8) is 0 Å². The molecule has 0 radical (unpaired) electrons. The van der Waals surface area contributed by atoms with Crippen LogP contribution in [0.2, 0.25) is 0 Å². The molecule has 0 aromatic rings. The molecule has 0 aromatic carbocycles. The van der Waals surface area contributed by atoms with Gasteiger partial charge in [0.1, 0.15) is 5.78 Å². The minimum absolute atomic E-state index is 0.202. The molecule has 4 aliphatic rings. The molecule has 1 N–H and O–H groups in total. The van der Waals surface area contributed by atoms with Gasteiger partial charge in [0.15, 0.2) is 0 Å². The Morgan fingerprint density at radius 1 is 1.07 bits per heavy atom. The van der Waals surface area contributed by atoms with Crippen LogP contribution >= 0.6 is 15.9 Å². The van der Waals surface area contributed by atoms with E-state index in [1.54, 1.807) is 0 Å². The van der Waals surface area contributed by atoms with Gasteiger partial charge in [-0.2, -0.15) is 0 Å². The van der Waals surface area contributed by atoms with Crippen LogP contribution in [0, 0.1) is 40.4 Å². The van der Waals surface area contributed by atoms with Crippen molar-refractivity contribution in [3.05, 3.63) is 0 Å². The van der Waals surface area contributed by atoms with E-state index in [0.29, 0.717) is 28.9 Å². The summed E-state index contributed by atoms with van der Waals surface area (Å²) in [6.07, 6.45) is 10.2. The Morgan fingerprint density at radius 3 is 2.56 bits per heavy atom. The molecular weight excluding hydrogens is 404 g/mol. The first-order chi connectivity index (χ1) is 12.8. The third-order valence-corrected chi connectivity index (χ3v) is 10.1. The van der Waals surface area contributed by atoms with Gasteiger partial charge in [-0.3, -0.25) is 4.79 Å². The lowest BCUT2D eigenvalue weighted by atomic mass is 9.43. The lowest BCUT2D eigenvalue weighted by molar-refractivity contribution is -0.175. The topological polar surface area (TPSA) is 46.5 Å². The van der Waals surface area contributed by atoms with Gasteiger partial charge in [0, 0.05) is 13.0 Å². The van der Waals surface area contributed by atoms with Crippen molar-refractivity contribution >= 4 is 21.7 Å². The molecule has 4 fully saturated rings. The zero-order chi connectivity index (χ0) is 19.4. The summed E-state index contributed by atoms with van der Waals surface area (Å²) in [6, 6.07) is 0. The minimum Gasteiger partial charge on any atom is -0.390 e. The summed E-state index contributed by atoms with van der Waals surface area (Å²) in [6.45, 7) is 5.30. The molecule has 0 saturated heterocycles. The van der Waals surface area contributed by atoms with Gasteiger partial charge >= 0.3 is 0 Å². The van der Waals surface area contributed by atoms with E-state index in [0.717, 1.165) is 38.2 Å². The molecule has 0 spiro atoms. The van der Waals surface area contributed by atoms with Crippen LogP contribution in [-0.4, -0.2) is 35.5 Å². The van der Waals surface area contributed by atoms with Crippen LogP contribution in [0.3, 0.4) is 0 Å². The molecule has 8 atom stereocenters. The molecule has 0 aromatic heterocycles. The molecule has 27 heavy (non-hydrogen) atoms. The highest BCUT2D eigenvalue weighted by molar-refractivity contribution is 9.09. The van der Waals surface area contributed by atoms with Crippen LogP contribution in [0.1, 0.15) is 71.6 Å². The van der Waals surface area contributed by atoms with E-state index >= 15 is 0 Å². The maximum atomic E-state index is 12.6. The second-order valence-corrected chi connectivity index (χ2v) is 11.4. The standard InChI is InChI=1S/C23H37BrO3/c1-21(26)10-11-23(14-27-3)15(12-21)4-5-16-17-6-7-19(20(25)13-24)22(17,2)9-8-18(16)23/h15-19,26H,4-14H2,1-3H3/t15-,16-,17-,18-,19?,21+,22-,23+/m0/s1. The largest absolute Gasteiger partial charge is 0.390 e. The highest BCUT2D eigenvalue weighted by Crippen LogP contribution is 2.68. The van der Waals surface area contributed by atoms with E-state index in [-0.39, 0.29) is 16.7 Å². The predicted octanol–water partition coefficient (Wildman–Crippen LogP) is 4.99. The summed E-state index contributed by atoms with van der Waals surface area (Å²) >= 11 is 3.43. The Balaban J connectivity index is 1.63. The van der Waals surface area contributed by atoms with Crippen LogP contribution in [0.4, 0.5) is 0 Å². The zero-order valence-electron chi connectivity index (χ0n) is 17.3. The van der Waals surface area contributed by atoms with Gasteiger partial charge in [0.2, 0.25) is 0 Å². The molecule has 0 amide bonds. The first-order valence-corrected chi connectivity index (χ1v) is 12.2. The molecule has 4 rings (SSSR count). The number of ether oxygens (including phenoxy) is 1. The molecule has 154 valence electrons. The van der Waals surface area contributed by atoms with Gasteiger partial charge in [0.25, 0.3) is 0 Å². The lowest BCUT2D eigenvalue weighted by Gasteiger charge is -2.62. The molecule has 1 unspecified atom stereocenters. The first-order valence-electron chi connectivity index (χ1n) is 11.1. The minimum atomic E-state index is -0.501. The molecular formula is C23H37BrO3. The average Bonchev–Trinajstić information content (AvgIpc) is 2.98. The Bertz CT molecular complexity index is 590. The van der Waals surface area contributed by atoms with Crippen molar-refractivity contribution in [2.24, 2.45) is 40.4 Å². The van der Waals surface area contributed by atoms with Gasteiger partial charge in [-0.25, -0.2) is 0 Å². The van der Waals surface area contributed by atoms with Crippen molar-refractivity contribution in [3.8, 4) is 0 Å². The number of rotatable bonds is 4. The predicted molar refractivity (Wildman–Crippen MR) is 111 cm³/mol. The van der Waals surface area contributed by atoms with Gasteiger partial charge in [-0.1, -0.05) is 22.9 Å². The molecule has 4 aliphatic carbocycles. The second-order valence-electron chi connectivity index (χ2n) is 10.8. The third-order valence-electron chi connectivity index (χ3n) is 9.59. The zero-order valence-corrected chi connectivity index (χ0v) is 18.9. The summed E-state index contributed by atoms with van der Waals surface area (Å²) in [5.41, 5.74) is -0.0509. The molecule has 0 bridgehead atoms. The summed E-state index contributed by atoms with van der Waals surface area (Å²) in [5, 5.41) is 11.2. The summed E-state index contributed by atoms with van der Waals surface area (Å²) in [5.74, 6) is 3.42. The van der Waals surface area contributed by atoms with Crippen LogP contribution in [-0.2, 0) is 9.53 Å². The van der Waals surface area contributed by atoms with E-state index in [2.05, 4.69) is 22.9 Å². The number of hydrogen-bond acceptors (Lipinski definition) is 3. The Morgan fingerprint density at radius 2 is 1.85 bits per heavy atom. The SMILES string of the molecule is COC[C@]12CC[C@@](C)(O)C[C@@H]1CC[C@@H]1[C@@H]2CC[C@]2(C)C(C(=O)CBr)CC[C@@H]12. The number of ketones is 1. The van der Waals surface area contributed by atoms with Gasteiger partial charge in [-0.15, -0.1) is 0 Å². The number of hydrogen-bond donors (Lipinski definition) is 1. The maximum Gasteiger partial charge on any atom is 0.147 e. The van der Waals surface area contributed by atoms with Crippen molar-refractivity contribution in [1.29, 1.82) is 0 Å². The number of carbonyl (C=O) groups excluding carboxylic acids is 1. The number of Topliss-reactive ketones (excluding diaryl/α,β-unsaturated/α-hetero) is 1. The Labute approximate surface area is 173 Å². The number of aliphatic hydroxyl groups is 1. The number of fused-ring (bicyclic) bond motifs is 5. The van der Waals surface area contributed by atoms with E-state index < -0.39 is 5.60 Å². The number of alkyl halides is 1. The number of carbonyl (C=O) groups is 1. The van der Waals surface area contributed by atoms with Gasteiger partial charge < -0.3 is 9.84 Å². The van der Waals surface area contributed by atoms with E-state index in [4.69, 9.17) is 4.74 Å². The van der Waals surface area contributed by atoms with Crippen molar-refractivity contribution < 1.29 is 14.6 Å². The molecule has 4 saturated carbocycles.